The normalized spacial score (nSPS) is 9.40. The summed E-state index contributed by atoms with van der Waals surface area (Å²) in [6.45, 7) is 1.35. The van der Waals surface area contributed by atoms with Crippen molar-refractivity contribution < 1.29 is 9.18 Å². The highest BCUT2D eigenvalue weighted by atomic mass is 19.1. The van der Waals surface area contributed by atoms with Gasteiger partial charge >= 0.3 is 0 Å². The van der Waals surface area contributed by atoms with Crippen molar-refractivity contribution in [2.75, 3.05) is 0 Å². The number of rotatable bonds is 1. The van der Waals surface area contributed by atoms with E-state index >= 15 is 0 Å². The minimum absolute atomic E-state index is 0.182. The van der Waals surface area contributed by atoms with Crippen LogP contribution < -0.4 is 0 Å². The summed E-state index contributed by atoms with van der Waals surface area (Å²) in [5, 5.41) is 6.37. The molecular weight excluding hydrogens is 135 g/mol. The lowest BCUT2D eigenvalue weighted by Crippen LogP contribution is -1.99. The number of hydrogen-bond donors (Lipinski definition) is 0. The molecule has 0 radical (unpaired) electrons. The summed E-state index contributed by atoms with van der Waals surface area (Å²) >= 11 is 0. The van der Waals surface area contributed by atoms with Gasteiger partial charge in [-0.25, -0.2) is 0 Å². The molecule has 3 nitrogen and oxygen atoms in total. The summed E-state index contributed by atoms with van der Waals surface area (Å²) in [6, 6.07) is 2.40. The molecule has 0 spiro atoms. The first-order chi connectivity index (χ1) is 4.70. The number of hydrogen-bond acceptors (Lipinski definition) is 3. The van der Waals surface area contributed by atoms with Crippen molar-refractivity contribution in [3.63, 3.8) is 0 Å². The number of carbonyl (C=O) groups is 1. The molecule has 1 rings (SSSR count). The van der Waals surface area contributed by atoms with Crippen molar-refractivity contribution in [3.8, 4) is 0 Å². The van der Waals surface area contributed by atoms with Gasteiger partial charge in [-0.05, 0) is 12.1 Å². The van der Waals surface area contributed by atoms with Gasteiger partial charge in [0.25, 0.3) is 0 Å². The van der Waals surface area contributed by atoms with Gasteiger partial charge < -0.3 is 0 Å². The summed E-state index contributed by atoms with van der Waals surface area (Å²) in [7, 11) is 0. The number of halogens is 1. The molecule has 0 saturated carbocycles. The third kappa shape index (κ3) is 1.34. The molecule has 0 fully saturated rings. The van der Waals surface area contributed by atoms with Crippen molar-refractivity contribution in [1.82, 2.24) is 10.2 Å². The Balaban J connectivity index is 3.00. The predicted molar refractivity (Wildman–Crippen MR) is 32.0 cm³/mol. The van der Waals surface area contributed by atoms with Gasteiger partial charge in [0.1, 0.15) is 5.69 Å². The van der Waals surface area contributed by atoms with E-state index in [0.29, 0.717) is 0 Å². The fraction of sp³-hybridized carbons (Fsp3) is 0.167. The van der Waals surface area contributed by atoms with E-state index in [0.717, 1.165) is 6.07 Å². The molecule has 0 amide bonds. The minimum Gasteiger partial charge on any atom is -0.293 e. The summed E-state index contributed by atoms with van der Waals surface area (Å²) in [6.07, 6.45) is 0. The Bertz CT molecular complexity index is 244. The Kier molecular flexibility index (Phi) is 1.71. The molecule has 0 aromatic carbocycles. The number of nitrogens with zero attached hydrogens (tertiary/aromatic N) is 2. The molecule has 0 saturated heterocycles. The zero-order chi connectivity index (χ0) is 7.56. The van der Waals surface area contributed by atoms with E-state index < -0.39 is 5.95 Å². The summed E-state index contributed by atoms with van der Waals surface area (Å²) in [5.74, 6) is -0.891. The number of Topliss-reactive ketones (excluding diaryl/α,β-unsaturated/α-hetero) is 1. The number of aromatic nitrogens is 2. The fourth-order valence-corrected chi connectivity index (χ4v) is 0.504. The van der Waals surface area contributed by atoms with Gasteiger partial charge in [0.05, 0.1) is 0 Å². The van der Waals surface area contributed by atoms with Crippen LogP contribution >= 0.6 is 0 Å². The largest absolute Gasteiger partial charge is 0.293 e. The molecule has 0 aliphatic rings. The molecule has 1 aromatic heterocycles. The lowest BCUT2D eigenvalue weighted by molar-refractivity contribution is 0.101. The molecule has 0 N–H and O–H groups in total. The Hall–Kier alpha value is -1.32. The molecule has 0 aliphatic carbocycles. The van der Waals surface area contributed by atoms with Crippen LogP contribution in [0.2, 0.25) is 0 Å². The first-order valence-electron chi connectivity index (χ1n) is 2.70. The summed E-state index contributed by atoms with van der Waals surface area (Å²) < 4.78 is 12.1. The van der Waals surface area contributed by atoms with Crippen LogP contribution in [0.15, 0.2) is 12.1 Å². The van der Waals surface area contributed by atoms with Gasteiger partial charge in [0.15, 0.2) is 5.78 Å². The molecule has 0 aliphatic heterocycles. The Morgan fingerprint density at radius 2 is 2.20 bits per heavy atom. The highest BCUT2D eigenvalue weighted by Gasteiger charge is 1.99. The average Bonchev–Trinajstić information content (AvgIpc) is 1.88. The third-order valence-corrected chi connectivity index (χ3v) is 0.993. The monoisotopic (exact) mass is 140 g/mol. The first kappa shape index (κ1) is 6.80. The van der Waals surface area contributed by atoms with Crippen LogP contribution in [0.3, 0.4) is 0 Å². The second-order valence-corrected chi connectivity index (χ2v) is 1.80. The van der Waals surface area contributed by atoms with Crippen molar-refractivity contribution in [2.24, 2.45) is 0 Å². The van der Waals surface area contributed by atoms with Gasteiger partial charge in [-0.3, -0.25) is 4.79 Å². The van der Waals surface area contributed by atoms with Crippen molar-refractivity contribution in [2.45, 2.75) is 6.92 Å². The third-order valence-electron chi connectivity index (χ3n) is 0.993. The average molecular weight is 140 g/mol. The van der Waals surface area contributed by atoms with Crippen LogP contribution in [0.4, 0.5) is 4.39 Å². The van der Waals surface area contributed by atoms with Crippen LogP contribution in [-0.2, 0) is 0 Å². The second-order valence-electron chi connectivity index (χ2n) is 1.80. The van der Waals surface area contributed by atoms with E-state index in [-0.39, 0.29) is 11.5 Å². The van der Waals surface area contributed by atoms with E-state index in [1.54, 1.807) is 0 Å². The fourth-order valence-electron chi connectivity index (χ4n) is 0.504. The Morgan fingerprint density at radius 1 is 1.50 bits per heavy atom. The zero-order valence-electron chi connectivity index (χ0n) is 5.34. The van der Waals surface area contributed by atoms with Gasteiger partial charge in [-0.2, -0.15) is 4.39 Å². The maximum Gasteiger partial charge on any atom is 0.233 e. The van der Waals surface area contributed by atoms with E-state index in [4.69, 9.17) is 0 Å². The van der Waals surface area contributed by atoms with E-state index in [9.17, 15) is 9.18 Å². The van der Waals surface area contributed by atoms with Crippen LogP contribution in [-0.4, -0.2) is 16.0 Å². The highest BCUT2D eigenvalue weighted by molar-refractivity contribution is 5.91. The summed E-state index contributed by atoms with van der Waals surface area (Å²) in [4.78, 5) is 10.5. The zero-order valence-corrected chi connectivity index (χ0v) is 5.34. The molecule has 0 unspecified atom stereocenters. The van der Waals surface area contributed by atoms with Crippen LogP contribution in [0, 0.1) is 5.95 Å². The van der Waals surface area contributed by atoms with Crippen LogP contribution in [0.25, 0.3) is 0 Å². The SMILES string of the molecule is CC(=O)c1ccc(F)nn1. The topological polar surface area (TPSA) is 42.9 Å². The van der Waals surface area contributed by atoms with Gasteiger partial charge in [-0.1, -0.05) is 0 Å². The molecule has 52 valence electrons. The molecular formula is C6H5FN2O. The lowest BCUT2D eigenvalue weighted by Gasteiger charge is -1.89. The molecule has 0 atom stereocenters. The quantitative estimate of drug-likeness (QED) is 0.542. The van der Waals surface area contributed by atoms with Crippen molar-refractivity contribution >= 4 is 5.78 Å². The van der Waals surface area contributed by atoms with Crippen LogP contribution in [0.5, 0.6) is 0 Å². The van der Waals surface area contributed by atoms with E-state index in [1.807, 2.05) is 0 Å². The minimum atomic E-state index is -0.676. The van der Waals surface area contributed by atoms with Crippen molar-refractivity contribution in [3.05, 3.63) is 23.8 Å². The van der Waals surface area contributed by atoms with Crippen molar-refractivity contribution in [1.29, 1.82) is 0 Å². The van der Waals surface area contributed by atoms with E-state index in [1.165, 1.54) is 13.0 Å². The Morgan fingerprint density at radius 3 is 2.60 bits per heavy atom. The maximum absolute atomic E-state index is 12.1. The maximum atomic E-state index is 12.1. The molecule has 0 bridgehead atoms. The molecule has 1 heterocycles. The summed E-state index contributed by atoms with van der Waals surface area (Å²) in [5.41, 5.74) is 0.182. The molecule has 4 heteroatoms. The number of ketones is 1. The molecule has 10 heavy (non-hydrogen) atoms. The first-order valence-corrected chi connectivity index (χ1v) is 2.70. The van der Waals surface area contributed by atoms with Crippen LogP contribution in [0.1, 0.15) is 17.4 Å². The predicted octanol–water partition coefficient (Wildman–Crippen LogP) is 0.818. The van der Waals surface area contributed by atoms with Gasteiger partial charge in [0.2, 0.25) is 5.95 Å². The second kappa shape index (κ2) is 2.51. The Labute approximate surface area is 56.9 Å². The smallest absolute Gasteiger partial charge is 0.233 e. The molecule has 1 aromatic rings. The van der Waals surface area contributed by atoms with Gasteiger partial charge in [0, 0.05) is 6.92 Å². The van der Waals surface area contributed by atoms with Gasteiger partial charge in [-0.15, -0.1) is 10.2 Å². The highest BCUT2D eigenvalue weighted by Crippen LogP contribution is 1.94. The standard InChI is InChI=1S/C6H5FN2O/c1-4(10)5-2-3-6(7)9-8-5/h2-3H,1H3. The number of carbonyl (C=O) groups excluding carboxylic acids is 1. The van der Waals surface area contributed by atoms with E-state index in [2.05, 4.69) is 10.2 Å². The lowest BCUT2D eigenvalue weighted by atomic mass is 10.3.